The van der Waals surface area contributed by atoms with Crippen LogP contribution in [0.3, 0.4) is 0 Å². The number of ether oxygens (including phenoxy) is 2. The first-order valence-electron chi connectivity index (χ1n) is 11.5. The molecule has 0 aromatic heterocycles. The number of hydrogen-bond donors (Lipinski definition) is 1. The number of aryl methyl sites for hydroxylation is 2. The number of rotatable bonds is 8. The first kappa shape index (κ1) is 27.9. The maximum atomic E-state index is 13.1. The summed E-state index contributed by atoms with van der Waals surface area (Å²) in [5, 5.41) is 10.5. The van der Waals surface area contributed by atoms with Crippen LogP contribution in [0.4, 0.5) is 0 Å². The molecule has 0 unspecified atom stereocenters. The van der Waals surface area contributed by atoms with Crippen LogP contribution in [0, 0.1) is 13.8 Å². The molecule has 1 heterocycles. The average Bonchev–Trinajstić information content (AvgIpc) is 2.88. The van der Waals surface area contributed by atoms with E-state index in [1.807, 2.05) is 0 Å². The maximum Gasteiger partial charge on any atom is 0.338 e. The van der Waals surface area contributed by atoms with E-state index in [-0.39, 0.29) is 15.4 Å². The number of hydrogen-bond acceptors (Lipinski definition) is 10. The van der Waals surface area contributed by atoms with Crippen LogP contribution in [0.2, 0.25) is 0 Å². The molecular formula is C26H26O10S2. The highest BCUT2D eigenvalue weighted by atomic mass is 32.2. The van der Waals surface area contributed by atoms with Gasteiger partial charge in [0.15, 0.2) is 18.5 Å². The summed E-state index contributed by atoms with van der Waals surface area (Å²) in [7, 11) is -9.05. The fraction of sp³-hybridized carbons (Fsp3) is 0.269. The number of benzene rings is 3. The van der Waals surface area contributed by atoms with Gasteiger partial charge in [0.25, 0.3) is 20.2 Å². The van der Waals surface area contributed by atoms with Crippen LogP contribution >= 0.6 is 0 Å². The van der Waals surface area contributed by atoms with E-state index in [4.69, 9.17) is 17.8 Å². The molecule has 0 aliphatic carbocycles. The van der Waals surface area contributed by atoms with Crippen molar-refractivity contribution in [1.82, 2.24) is 0 Å². The van der Waals surface area contributed by atoms with E-state index in [2.05, 4.69) is 0 Å². The van der Waals surface area contributed by atoms with Crippen molar-refractivity contribution >= 4 is 26.2 Å². The van der Waals surface area contributed by atoms with Gasteiger partial charge in [0.05, 0.1) is 22.0 Å². The van der Waals surface area contributed by atoms with Gasteiger partial charge in [-0.25, -0.2) is 4.79 Å². The monoisotopic (exact) mass is 562 g/mol. The minimum absolute atomic E-state index is 0.156. The smallest absolute Gasteiger partial charge is 0.338 e. The Bertz CT molecular complexity index is 1470. The zero-order valence-corrected chi connectivity index (χ0v) is 22.1. The van der Waals surface area contributed by atoms with Crippen molar-refractivity contribution < 1.29 is 44.6 Å². The van der Waals surface area contributed by atoms with Crippen LogP contribution in [0.1, 0.15) is 21.5 Å². The van der Waals surface area contributed by atoms with Gasteiger partial charge in [0.1, 0.15) is 6.10 Å². The largest absolute Gasteiger partial charge is 0.453 e. The van der Waals surface area contributed by atoms with Crippen LogP contribution in [0.25, 0.3) is 0 Å². The van der Waals surface area contributed by atoms with Crippen LogP contribution < -0.4 is 0 Å². The lowest BCUT2D eigenvalue weighted by Gasteiger charge is -2.38. The van der Waals surface area contributed by atoms with Gasteiger partial charge in [0.2, 0.25) is 0 Å². The number of carbonyl (C=O) groups excluding carboxylic acids is 1. The molecule has 4 atom stereocenters. The maximum absolute atomic E-state index is 13.1. The van der Waals surface area contributed by atoms with Crippen molar-refractivity contribution in [3.8, 4) is 0 Å². The van der Waals surface area contributed by atoms with Gasteiger partial charge in [-0.3, -0.25) is 8.37 Å². The fourth-order valence-electron chi connectivity index (χ4n) is 3.67. The van der Waals surface area contributed by atoms with Crippen molar-refractivity contribution in [2.45, 2.75) is 48.2 Å². The second-order valence-corrected chi connectivity index (χ2v) is 11.8. The van der Waals surface area contributed by atoms with Crippen LogP contribution in [0.5, 0.6) is 0 Å². The zero-order valence-electron chi connectivity index (χ0n) is 20.5. The number of aliphatic hydroxyl groups excluding tert-OH is 1. The lowest BCUT2D eigenvalue weighted by molar-refractivity contribution is -0.237. The summed E-state index contributed by atoms with van der Waals surface area (Å²) in [5.74, 6) is -0.836. The molecule has 202 valence electrons. The Balaban J connectivity index is 1.69. The summed E-state index contributed by atoms with van der Waals surface area (Å²) in [4.78, 5) is 12.3. The Morgan fingerprint density at radius 2 is 1.24 bits per heavy atom. The van der Waals surface area contributed by atoms with Gasteiger partial charge >= 0.3 is 5.97 Å². The molecule has 38 heavy (non-hydrogen) atoms. The van der Waals surface area contributed by atoms with Gasteiger partial charge in [-0.05, 0) is 50.2 Å². The van der Waals surface area contributed by atoms with E-state index in [0.29, 0.717) is 0 Å². The van der Waals surface area contributed by atoms with Gasteiger partial charge < -0.3 is 14.6 Å². The molecule has 1 N–H and O–H groups in total. The SMILES string of the molecule is Cc1ccc(S(=O)(=O)O[C@@H]2[C@H](OS(=O)(=O)c3ccc(C)cc3)[C@@H](OC(=O)c3ccccc3)CO[C@@H]2O)cc1. The molecule has 4 rings (SSSR count). The summed E-state index contributed by atoms with van der Waals surface area (Å²) in [6.07, 6.45) is -7.05. The Morgan fingerprint density at radius 3 is 1.74 bits per heavy atom. The molecule has 1 saturated heterocycles. The van der Waals surface area contributed by atoms with Crippen molar-refractivity contribution in [2.75, 3.05) is 6.61 Å². The van der Waals surface area contributed by atoms with E-state index < -0.39 is 57.4 Å². The summed E-state index contributed by atoms with van der Waals surface area (Å²) >= 11 is 0. The lowest BCUT2D eigenvalue weighted by Crippen LogP contribution is -2.57. The van der Waals surface area contributed by atoms with E-state index in [0.717, 1.165) is 11.1 Å². The van der Waals surface area contributed by atoms with Gasteiger partial charge in [-0.15, -0.1) is 0 Å². The molecular weight excluding hydrogens is 536 g/mol. The summed E-state index contributed by atoms with van der Waals surface area (Å²) in [6.45, 7) is 3.05. The third-order valence-electron chi connectivity index (χ3n) is 5.77. The van der Waals surface area contributed by atoms with Crippen molar-refractivity contribution in [3.05, 3.63) is 95.6 Å². The zero-order chi connectivity index (χ0) is 27.5. The van der Waals surface area contributed by atoms with Crippen molar-refractivity contribution in [1.29, 1.82) is 0 Å². The standard InChI is InChI=1S/C26H26O10S2/c1-17-8-12-20(13-9-17)37(29,30)35-23-22(34-25(27)19-6-4-3-5-7-19)16-33-26(28)24(23)36-38(31,32)21-14-10-18(2)11-15-21/h3-15,22-24,26,28H,16H2,1-2H3/t22-,23+,24+,26-/m0/s1. The third-order valence-corrected chi connectivity index (χ3v) is 8.42. The molecule has 0 radical (unpaired) electrons. The summed E-state index contributed by atoms with van der Waals surface area (Å²) in [5.41, 5.74) is 1.75. The minimum Gasteiger partial charge on any atom is -0.453 e. The van der Waals surface area contributed by atoms with E-state index in [1.54, 1.807) is 56.3 Å². The summed E-state index contributed by atoms with van der Waals surface area (Å²) in [6, 6.07) is 19.3. The second-order valence-electron chi connectivity index (χ2n) is 8.69. The first-order chi connectivity index (χ1) is 18.0. The Kier molecular flexibility index (Phi) is 8.31. The lowest BCUT2D eigenvalue weighted by atomic mass is 10.1. The molecule has 1 aliphatic heterocycles. The van der Waals surface area contributed by atoms with Crippen LogP contribution in [0.15, 0.2) is 88.7 Å². The molecule has 0 spiro atoms. The number of esters is 1. The van der Waals surface area contributed by atoms with Gasteiger partial charge in [-0.2, -0.15) is 16.8 Å². The van der Waals surface area contributed by atoms with Crippen LogP contribution in [-0.4, -0.2) is 59.1 Å². The fourth-order valence-corrected chi connectivity index (χ4v) is 5.85. The predicted octanol–water partition coefficient (Wildman–Crippen LogP) is 2.73. The van der Waals surface area contributed by atoms with E-state index in [1.165, 1.54) is 36.4 Å². The molecule has 1 aliphatic rings. The number of carbonyl (C=O) groups is 1. The Labute approximate surface area is 221 Å². The molecule has 10 nitrogen and oxygen atoms in total. The highest BCUT2D eigenvalue weighted by Crippen LogP contribution is 2.30. The minimum atomic E-state index is -4.53. The molecule has 3 aromatic carbocycles. The Morgan fingerprint density at radius 1 is 0.763 bits per heavy atom. The topological polar surface area (TPSA) is 143 Å². The van der Waals surface area contributed by atoms with Gasteiger partial charge in [0, 0.05) is 0 Å². The molecule has 0 saturated carbocycles. The molecule has 0 amide bonds. The normalized spacial score (nSPS) is 22.1. The molecule has 3 aromatic rings. The summed E-state index contributed by atoms with van der Waals surface area (Å²) < 4.78 is 73.7. The van der Waals surface area contributed by atoms with Crippen LogP contribution in [-0.2, 0) is 38.1 Å². The predicted molar refractivity (Wildman–Crippen MR) is 134 cm³/mol. The number of aliphatic hydroxyl groups is 1. The Hall–Kier alpha value is -3.13. The highest BCUT2D eigenvalue weighted by Gasteiger charge is 2.48. The second kappa shape index (κ2) is 11.3. The van der Waals surface area contributed by atoms with Crippen molar-refractivity contribution in [3.63, 3.8) is 0 Å². The van der Waals surface area contributed by atoms with Gasteiger partial charge in [-0.1, -0.05) is 53.6 Å². The molecule has 0 bridgehead atoms. The molecule has 12 heteroatoms. The highest BCUT2D eigenvalue weighted by molar-refractivity contribution is 7.87. The van der Waals surface area contributed by atoms with E-state index in [9.17, 15) is 26.7 Å². The van der Waals surface area contributed by atoms with Crippen molar-refractivity contribution in [2.24, 2.45) is 0 Å². The average molecular weight is 563 g/mol. The third kappa shape index (κ3) is 6.46. The molecule has 1 fully saturated rings. The first-order valence-corrected chi connectivity index (χ1v) is 14.3. The quantitative estimate of drug-likeness (QED) is 0.322. The van der Waals surface area contributed by atoms with E-state index >= 15 is 0 Å².